The zero-order valence-corrected chi connectivity index (χ0v) is 45.7. The van der Waals surface area contributed by atoms with Gasteiger partial charge in [-0.3, -0.25) is 33.6 Å². The van der Waals surface area contributed by atoms with Crippen molar-refractivity contribution in [1.82, 2.24) is 36.9 Å². The fraction of sp³-hybridized carbons (Fsp3) is 0.365. The van der Waals surface area contributed by atoms with Gasteiger partial charge in [-0.1, -0.05) is 149 Å². The molecule has 0 unspecified atom stereocenters. The minimum absolute atomic E-state index is 0.0495. The van der Waals surface area contributed by atoms with Crippen LogP contribution < -0.4 is 31.9 Å². The lowest BCUT2D eigenvalue weighted by Crippen LogP contribution is -2.61. The third kappa shape index (κ3) is 13.4. The van der Waals surface area contributed by atoms with Crippen LogP contribution in [0.1, 0.15) is 116 Å². The van der Waals surface area contributed by atoms with Crippen LogP contribution in [-0.2, 0) is 70.5 Å². The number of H-pyrrole nitrogens is 1. The highest BCUT2D eigenvalue weighted by Crippen LogP contribution is 2.39. The lowest BCUT2D eigenvalue weighted by atomic mass is 9.81. The minimum Gasteiger partial charge on any atom is -0.481 e. The number of fused-ring (bicyclic) bond motifs is 5. The normalized spacial score (nSPS) is 15.7. The number of carboxylic acids is 2. The van der Waals surface area contributed by atoms with Crippen molar-refractivity contribution in [3.63, 3.8) is 0 Å². The Morgan fingerprint density at radius 3 is 1.44 bits per heavy atom. The van der Waals surface area contributed by atoms with Crippen molar-refractivity contribution >= 4 is 58.3 Å². The number of para-hydroxylation sites is 1. The van der Waals surface area contributed by atoms with Gasteiger partial charge in [-0.05, 0) is 100 Å². The Hall–Kier alpha value is -8.60. The summed E-state index contributed by atoms with van der Waals surface area (Å²) < 4.78 is 0. The first kappa shape index (κ1) is 57.6. The molecule has 0 saturated heterocycles. The molecule has 0 fully saturated rings. The molecule has 5 aromatic carbocycles. The van der Waals surface area contributed by atoms with E-state index in [1.807, 2.05) is 142 Å². The molecule has 2 aliphatic carbocycles. The Balaban J connectivity index is 1.11. The van der Waals surface area contributed by atoms with E-state index < -0.39 is 108 Å². The topological polar surface area (TPSA) is 265 Å². The van der Waals surface area contributed by atoms with Gasteiger partial charge in [0.25, 0.3) is 0 Å². The number of carbonyl (C=O) groups is 8. The monoisotopic (exact) mass is 1090 g/mol. The van der Waals surface area contributed by atoms with Crippen LogP contribution in [0.3, 0.4) is 0 Å². The number of aliphatic carboxylic acids is 2. The molecule has 6 aromatic rings. The molecule has 1 heterocycles. The molecule has 418 valence electrons. The van der Waals surface area contributed by atoms with Crippen molar-refractivity contribution < 1.29 is 48.6 Å². The average molecular weight is 1090 g/mol. The third-order valence-corrected chi connectivity index (χ3v) is 15.6. The van der Waals surface area contributed by atoms with Crippen molar-refractivity contribution in [2.75, 3.05) is 0 Å². The van der Waals surface area contributed by atoms with E-state index >= 15 is 9.59 Å². The molecule has 9 N–H and O–H groups in total. The number of hydrogen-bond acceptors (Lipinski definition) is 8. The summed E-state index contributed by atoms with van der Waals surface area (Å²) in [5, 5.41) is 38.3. The van der Waals surface area contributed by atoms with Crippen LogP contribution in [0, 0.1) is 11.8 Å². The number of hydrogen-bond donors (Lipinski definition) is 9. The van der Waals surface area contributed by atoms with E-state index in [9.17, 15) is 39.0 Å². The Morgan fingerprint density at radius 1 is 0.525 bits per heavy atom. The third-order valence-electron chi connectivity index (χ3n) is 15.6. The highest BCUT2D eigenvalue weighted by molar-refractivity contribution is 5.99. The fourth-order valence-electron chi connectivity index (χ4n) is 11.5. The summed E-state index contributed by atoms with van der Waals surface area (Å²) in [5.41, 5.74) is 8.29. The molecular formula is C63H71N7O10. The van der Waals surface area contributed by atoms with Gasteiger partial charge >= 0.3 is 11.9 Å². The number of aromatic nitrogens is 1. The van der Waals surface area contributed by atoms with Crippen molar-refractivity contribution in [2.45, 2.75) is 134 Å². The molecule has 6 amide bonds. The van der Waals surface area contributed by atoms with Crippen LogP contribution in [0.2, 0.25) is 0 Å². The molecule has 0 bridgehead atoms. The van der Waals surface area contributed by atoms with Crippen molar-refractivity contribution in [3.05, 3.63) is 178 Å². The van der Waals surface area contributed by atoms with Crippen LogP contribution in [0.5, 0.6) is 0 Å². The van der Waals surface area contributed by atoms with E-state index in [-0.39, 0.29) is 18.8 Å². The highest BCUT2D eigenvalue weighted by Gasteiger charge is 2.42. The molecule has 0 spiro atoms. The van der Waals surface area contributed by atoms with Gasteiger partial charge in [0.05, 0.1) is 6.42 Å². The summed E-state index contributed by atoms with van der Waals surface area (Å²) in [7, 11) is 0. The predicted octanol–water partition coefficient (Wildman–Crippen LogP) is 6.15. The molecule has 17 heteroatoms. The molecule has 0 saturated carbocycles. The lowest BCUT2D eigenvalue weighted by Gasteiger charge is -2.33. The molecule has 0 radical (unpaired) electrons. The number of benzene rings is 5. The number of carbonyl (C=O) groups excluding carboxylic acids is 6. The van der Waals surface area contributed by atoms with Crippen LogP contribution in [0.15, 0.2) is 128 Å². The van der Waals surface area contributed by atoms with Gasteiger partial charge in [0.15, 0.2) is 0 Å². The number of nitrogens with one attached hydrogen (secondary N) is 7. The van der Waals surface area contributed by atoms with Gasteiger partial charge in [0.2, 0.25) is 35.4 Å². The summed E-state index contributed by atoms with van der Waals surface area (Å²) in [6, 6.07) is 29.1. The Morgan fingerprint density at radius 2 is 0.963 bits per heavy atom. The summed E-state index contributed by atoms with van der Waals surface area (Å²) in [5.74, 6) is -9.75. The zero-order valence-electron chi connectivity index (χ0n) is 45.7. The van der Waals surface area contributed by atoms with Gasteiger partial charge in [0, 0.05) is 42.3 Å². The van der Waals surface area contributed by atoms with E-state index in [1.54, 1.807) is 13.1 Å². The van der Waals surface area contributed by atoms with Crippen LogP contribution in [0.25, 0.3) is 10.9 Å². The smallest absolute Gasteiger partial charge is 0.326 e. The molecule has 8 rings (SSSR count). The maximum Gasteiger partial charge on any atom is 0.326 e. The second-order valence-electron chi connectivity index (χ2n) is 21.6. The van der Waals surface area contributed by atoms with Gasteiger partial charge in [-0.25, -0.2) is 4.79 Å². The van der Waals surface area contributed by atoms with Gasteiger partial charge in [-0.15, -0.1) is 0 Å². The first-order valence-electron chi connectivity index (χ1n) is 27.5. The number of amides is 6. The lowest BCUT2D eigenvalue weighted by molar-refractivity contribution is -0.142. The molecule has 17 nitrogen and oxygen atoms in total. The fourth-order valence-corrected chi connectivity index (χ4v) is 11.5. The largest absolute Gasteiger partial charge is 0.481 e. The average Bonchev–Trinajstić information content (AvgIpc) is 3.78. The molecular weight excluding hydrogens is 1010 g/mol. The number of carboxylic acid groups (broad SMARTS) is 2. The summed E-state index contributed by atoms with van der Waals surface area (Å²) in [6.07, 6.45) is 3.67. The van der Waals surface area contributed by atoms with Crippen molar-refractivity contribution in [3.8, 4) is 0 Å². The summed E-state index contributed by atoms with van der Waals surface area (Å²) in [4.78, 5) is 116. The van der Waals surface area contributed by atoms with Crippen LogP contribution in [0.4, 0.5) is 0 Å². The maximum atomic E-state index is 15.4. The first-order valence-corrected chi connectivity index (χ1v) is 27.5. The van der Waals surface area contributed by atoms with E-state index in [1.165, 1.54) is 6.92 Å². The number of rotatable bonds is 22. The predicted molar refractivity (Wildman–Crippen MR) is 302 cm³/mol. The second-order valence-corrected chi connectivity index (χ2v) is 21.6. The Labute approximate surface area is 465 Å². The molecule has 80 heavy (non-hydrogen) atoms. The first-order chi connectivity index (χ1) is 38.4. The highest BCUT2D eigenvalue weighted by atomic mass is 16.4. The van der Waals surface area contributed by atoms with Crippen molar-refractivity contribution in [1.29, 1.82) is 0 Å². The molecule has 2 aliphatic rings. The van der Waals surface area contributed by atoms with E-state index in [2.05, 4.69) is 36.9 Å². The molecule has 0 aliphatic heterocycles. The summed E-state index contributed by atoms with van der Waals surface area (Å²) in [6.45, 7) is 8.53. The van der Waals surface area contributed by atoms with Crippen LogP contribution >= 0.6 is 0 Å². The van der Waals surface area contributed by atoms with Crippen LogP contribution in [-0.4, -0.2) is 98.8 Å². The van der Waals surface area contributed by atoms with E-state index in [4.69, 9.17) is 0 Å². The van der Waals surface area contributed by atoms with Gasteiger partial charge in [0.1, 0.15) is 36.3 Å². The minimum atomic E-state index is -1.81. The Kier molecular flexibility index (Phi) is 18.6. The van der Waals surface area contributed by atoms with Gasteiger partial charge < -0.3 is 47.1 Å². The number of aryl methyl sites for hydroxylation is 4. The van der Waals surface area contributed by atoms with Gasteiger partial charge in [-0.2, -0.15) is 0 Å². The standard InChI is InChI=1S/C63H71N7O10/c1-6-36(4)55(60(76)68-51(63(79)80)32-42-34-64-48-26-16-15-21-43(42)48)69-62(78)57(54-46-24-13-9-19-40(46)29-30-41-20-10-14-25-47(41)54)70-59(75)50(33-52(72)73)66-58(74)49(31-35(2)3)67-61(77)56(65-37(5)71)53-44-22-11-7-17-38(44)27-28-39-18-8-12-23-45(39)53/h7-26,34-36,49-51,53-57,64H,6,27-33H2,1-5H3,(H,65,71)(H,66,74)(H,67,77)(H,68,76)(H,69,78)(H,70,75)(H,72,73)(H,79,80)/t36-,49-,50-,51-,55-,56+,57+/m0/s1. The Bertz CT molecular complexity index is 3180. The molecule has 1 aromatic heterocycles. The van der Waals surface area contributed by atoms with Crippen molar-refractivity contribution in [2.24, 2.45) is 11.8 Å². The summed E-state index contributed by atoms with van der Waals surface area (Å²) >= 11 is 0. The number of aromatic amines is 1. The maximum absolute atomic E-state index is 15.4. The zero-order chi connectivity index (χ0) is 57.2. The van der Waals surface area contributed by atoms with E-state index in [0.29, 0.717) is 48.8 Å². The SMILES string of the molecule is CC[C@H](C)[C@H](NC(=O)[C@H](NC(=O)[C@H](CC(=O)O)NC(=O)[C@H](CC(C)C)NC(=O)[C@H](NC(C)=O)C1c2ccccc2CCc2ccccc21)C1c2ccccc2CCc2ccccc21)C(=O)N[C@@H](Cc1c[nH]c2ccccc12)C(=O)O. The second kappa shape index (κ2) is 25.9. The molecule has 7 atom stereocenters. The van der Waals surface area contributed by atoms with E-state index in [0.717, 1.165) is 44.3 Å². The quantitative estimate of drug-likeness (QED) is 0.0374.